The number of benzene rings is 1. The summed E-state index contributed by atoms with van der Waals surface area (Å²) >= 11 is 0. The van der Waals surface area contributed by atoms with Crippen molar-refractivity contribution in [3.63, 3.8) is 0 Å². The van der Waals surface area contributed by atoms with E-state index in [1.54, 1.807) is 0 Å². The molecule has 0 amide bonds. The van der Waals surface area contributed by atoms with Crippen LogP contribution in [0.25, 0.3) is 0 Å². The summed E-state index contributed by atoms with van der Waals surface area (Å²) < 4.78 is 71.1. The van der Waals surface area contributed by atoms with Crippen LogP contribution in [0.5, 0.6) is 0 Å². The van der Waals surface area contributed by atoms with Crippen LogP contribution < -0.4 is 0 Å². The van der Waals surface area contributed by atoms with E-state index < -0.39 is 29.5 Å². The third kappa shape index (κ3) is 3.36. The summed E-state index contributed by atoms with van der Waals surface area (Å²) in [7, 11) is 0. The molecular weight excluding hydrogens is 291 g/mol. The van der Waals surface area contributed by atoms with Gasteiger partial charge in [0.25, 0.3) is 0 Å². The van der Waals surface area contributed by atoms with Crippen LogP contribution in [-0.2, 0) is 10.9 Å². The molecule has 0 aromatic heterocycles. The van der Waals surface area contributed by atoms with E-state index in [0.29, 0.717) is 18.9 Å². The van der Waals surface area contributed by atoms with E-state index in [2.05, 4.69) is 0 Å². The van der Waals surface area contributed by atoms with Crippen LogP contribution in [0.2, 0.25) is 0 Å². The maximum Gasteiger partial charge on any atom is 0.416 e. The largest absolute Gasteiger partial charge is 0.416 e. The lowest BCUT2D eigenvalue weighted by Gasteiger charge is -2.21. The quantitative estimate of drug-likeness (QED) is 0.693. The molecule has 1 saturated heterocycles. The molecule has 1 aromatic carbocycles. The van der Waals surface area contributed by atoms with Gasteiger partial charge in [-0.15, -0.1) is 0 Å². The van der Waals surface area contributed by atoms with Crippen LogP contribution in [0.1, 0.15) is 50.3 Å². The van der Waals surface area contributed by atoms with Gasteiger partial charge in [0.2, 0.25) is 0 Å². The molecule has 1 aliphatic rings. The fourth-order valence-electron chi connectivity index (χ4n) is 2.65. The van der Waals surface area contributed by atoms with E-state index in [0.717, 1.165) is 6.42 Å². The highest BCUT2D eigenvalue weighted by Gasteiger charge is 2.39. The minimum absolute atomic E-state index is 0.144. The SMILES string of the molecule is CC[C@@H](C)[C@@H]1CC[C@H](c2cc(F)c(F)cc2C(F)(F)F)O1. The topological polar surface area (TPSA) is 9.23 Å². The van der Waals surface area contributed by atoms with Crippen molar-refractivity contribution in [1.82, 2.24) is 0 Å². The van der Waals surface area contributed by atoms with Crippen LogP contribution >= 0.6 is 0 Å². The Bertz CT molecular complexity index is 512. The molecule has 1 fully saturated rings. The Morgan fingerprint density at radius 1 is 1.19 bits per heavy atom. The second kappa shape index (κ2) is 5.91. The first kappa shape index (κ1) is 16.2. The molecule has 3 atom stereocenters. The minimum atomic E-state index is -4.73. The zero-order valence-electron chi connectivity index (χ0n) is 11.8. The molecule has 0 saturated carbocycles. The second-order valence-electron chi connectivity index (χ2n) is 5.48. The average molecular weight is 308 g/mol. The summed E-state index contributed by atoms with van der Waals surface area (Å²) in [5, 5.41) is 0. The summed E-state index contributed by atoms with van der Waals surface area (Å²) in [5.41, 5.74) is -1.47. The predicted octanol–water partition coefficient (Wildman–Crippen LogP) is 5.25. The van der Waals surface area contributed by atoms with Crippen molar-refractivity contribution in [1.29, 1.82) is 0 Å². The maximum atomic E-state index is 13.3. The fourth-order valence-corrected chi connectivity index (χ4v) is 2.65. The Hall–Kier alpha value is -1.17. The third-order valence-electron chi connectivity index (χ3n) is 4.08. The molecule has 1 aromatic rings. The van der Waals surface area contributed by atoms with Crippen LogP contribution in [-0.4, -0.2) is 6.10 Å². The fraction of sp³-hybridized carbons (Fsp3) is 0.600. The molecule has 0 spiro atoms. The number of hydrogen-bond donors (Lipinski definition) is 0. The highest BCUT2D eigenvalue weighted by molar-refractivity contribution is 5.33. The lowest BCUT2D eigenvalue weighted by Crippen LogP contribution is -2.18. The maximum absolute atomic E-state index is 13.3. The first-order valence-corrected chi connectivity index (χ1v) is 6.95. The normalized spacial score (nSPS) is 24.3. The molecule has 21 heavy (non-hydrogen) atoms. The third-order valence-corrected chi connectivity index (χ3v) is 4.08. The van der Waals surface area contributed by atoms with E-state index >= 15 is 0 Å². The Morgan fingerprint density at radius 2 is 1.81 bits per heavy atom. The van der Waals surface area contributed by atoms with Crippen molar-refractivity contribution in [2.24, 2.45) is 5.92 Å². The van der Waals surface area contributed by atoms with Crippen LogP contribution in [0, 0.1) is 17.6 Å². The Kier molecular flexibility index (Phi) is 4.56. The Balaban J connectivity index is 2.34. The summed E-state index contributed by atoms with van der Waals surface area (Å²) in [5.74, 6) is -2.56. The lowest BCUT2D eigenvalue weighted by atomic mass is 9.97. The number of ether oxygens (including phenoxy) is 1. The van der Waals surface area contributed by atoms with Crippen molar-refractivity contribution in [2.45, 2.75) is 51.5 Å². The number of rotatable bonds is 3. The predicted molar refractivity (Wildman–Crippen MR) is 67.7 cm³/mol. The van der Waals surface area contributed by atoms with Gasteiger partial charge in [0.15, 0.2) is 11.6 Å². The van der Waals surface area contributed by atoms with Gasteiger partial charge in [0, 0.05) is 0 Å². The highest BCUT2D eigenvalue weighted by Crippen LogP contribution is 2.42. The molecule has 0 unspecified atom stereocenters. The number of halogens is 5. The van der Waals surface area contributed by atoms with Crippen molar-refractivity contribution in [3.8, 4) is 0 Å². The van der Waals surface area contributed by atoms with Crippen LogP contribution in [0.3, 0.4) is 0 Å². The van der Waals surface area contributed by atoms with Crippen molar-refractivity contribution in [3.05, 3.63) is 34.9 Å². The molecule has 2 rings (SSSR count). The average Bonchev–Trinajstić information content (AvgIpc) is 2.88. The van der Waals surface area contributed by atoms with E-state index in [1.807, 2.05) is 13.8 Å². The Labute approximate surface area is 120 Å². The molecule has 6 heteroatoms. The van der Waals surface area contributed by atoms with Gasteiger partial charge in [-0.25, -0.2) is 8.78 Å². The van der Waals surface area contributed by atoms with Crippen molar-refractivity contribution >= 4 is 0 Å². The van der Waals surface area contributed by atoms with Crippen molar-refractivity contribution < 1.29 is 26.7 Å². The van der Waals surface area contributed by atoms with Gasteiger partial charge in [0.05, 0.1) is 17.8 Å². The smallest absolute Gasteiger partial charge is 0.370 e. The molecule has 0 aliphatic carbocycles. The lowest BCUT2D eigenvalue weighted by molar-refractivity contribution is -0.139. The van der Waals surface area contributed by atoms with Crippen LogP contribution in [0.15, 0.2) is 12.1 Å². The van der Waals surface area contributed by atoms with E-state index in [1.165, 1.54) is 0 Å². The zero-order valence-corrected chi connectivity index (χ0v) is 11.8. The first-order chi connectivity index (χ1) is 9.74. The minimum Gasteiger partial charge on any atom is -0.370 e. The zero-order chi connectivity index (χ0) is 15.8. The first-order valence-electron chi connectivity index (χ1n) is 6.95. The van der Waals surface area contributed by atoms with Gasteiger partial charge in [-0.3, -0.25) is 0 Å². The molecular formula is C15H17F5O. The standard InChI is InChI=1S/C15H17F5O/c1-3-8(2)13-4-5-14(21-13)9-6-11(16)12(17)7-10(9)15(18,19)20/h6-8,13-14H,3-5H2,1-2H3/t8-,13+,14-/m1/s1. The molecule has 118 valence electrons. The number of alkyl halides is 3. The van der Waals surface area contributed by atoms with Gasteiger partial charge < -0.3 is 4.74 Å². The van der Waals surface area contributed by atoms with Gasteiger partial charge in [-0.2, -0.15) is 13.2 Å². The summed E-state index contributed by atoms with van der Waals surface area (Å²) in [4.78, 5) is 0. The van der Waals surface area contributed by atoms with E-state index in [9.17, 15) is 22.0 Å². The van der Waals surface area contributed by atoms with Crippen molar-refractivity contribution in [2.75, 3.05) is 0 Å². The number of hydrogen-bond acceptors (Lipinski definition) is 1. The van der Waals surface area contributed by atoms with E-state index in [4.69, 9.17) is 4.74 Å². The van der Waals surface area contributed by atoms with Gasteiger partial charge in [-0.05, 0) is 36.5 Å². The van der Waals surface area contributed by atoms with Gasteiger partial charge in [-0.1, -0.05) is 20.3 Å². The van der Waals surface area contributed by atoms with Gasteiger partial charge in [0.1, 0.15) is 0 Å². The molecule has 0 N–H and O–H groups in total. The summed E-state index contributed by atoms with van der Waals surface area (Å²) in [6.07, 6.45) is -3.87. The molecule has 0 radical (unpaired) electrons. The van der Waals surface area contributed by atoms with Crippen LogP contribution in [0.4, 0.5) is 22.0 Å². The van der Waals surface area contributed by atoms with E-state index in [-0.39, 0.29) is 23.7 Å². The highest BCUT2D eigenvalue weighted by atomic mass is 19.4. The molecule has 0 bridgehead atoms. The molecule has 1 heterocycles. The summed E-state index contributed by atoms with van der Waals surface area (Å²) in [6.45, 7) is 3.93. The molecule has 1 nitrogen and oxygen atoms in total. The monoisotopic (exact) mass is 308 g/mol. The second-order valence-corrected chi connectivity index (χ2v) is 5.48. The Morgan fingerprint density at radius 3 is 2.38 bits per heavy atom. The summed E-state index contributed by atoms with van der Waals surface area (Å²) in [6, 6.07) is 0.826. The molecule has 1 aliphatic heterocycles. The van der Waals surface area contributed by atoms with Gasteiger partial charge >= 0.3 is 6.18 Å².